The van der Waals surface area contributed by atoms with Gasteiger partial charge in [-0.05, 0) is 25.0 Å². The molecule has 1 fully saturated rings. The Morgan fingerprint density at radius 3 is 2.76 bits per heavy atom. The lowest BCUT2D eigenvalue weighted by Crippen LogP contribution is -2.35. The molecule has 0 spiro atoms. The van der Waals surface area contributed by atoms with E-state index in [4.69, 9.17) is 11.5 Å². The molecule has 7 nitrogen and oxygen atoms in total. The lowest BCUT2D eigenvalue weighted by molar-refractivity contribution is 0.345. The summed E-state index contributed by atoms with van der Waals surface area (Å²) in [5.41, 5.74) is 14.9. The van der Waals surface area contributed by atoms with Crippen molar-refractivity contribution in [3.05, 3.63) is 41.9 Å². The number of nitrogens with zero attached hydrogens (tertiary/aromatic N) is 4. The van der Waals surface area contributed by atoms with Crippen molar-refractivity contribution in [3.63, 3.8) is 0 Å². The highest BCUT2D eigenvalue weighted by molar-refractivity contribution is 5.74. The van der Waals surface area contributed by atoms with E-state index in [0.717, 1.165) is 54.2 Å². The molecule has 5 N–H and O–H groups in total. The van der Waals surface area contributed by atoms with Crippen LogP contribution >= 0.6 is 0 Å². The van der Waals surface area contributed by atoms with E-state index in [-0.39, 0.29) is 6.04 Å². The summed E-state index contributed by atoms with van der Waals surface area (Å²) < 4.78 is 0. The molecule has 0 aliphatic heterocycles. The Morgan fingerprint density at radius 2 is 2.00 bits per heavy atom. The highest BCUT2D eigenvalue weighted by Crippen LogP contribution is 2.35. The number of anilines is 2. The van der Waals surface area contributed by atoms with Gasteiger partial charge in [-0.15, -0.1) is 0 Å². The quantitative estimate of drug-likeness (QED) is 0.655. The van der Waals surface area contributed by atoms with E-state index in [0.29, 0.717) is 11.9 Å². The van der Waals surface area contributed by atoms with Crippen LogP contribution in [0, 0.1) is 0 Å². The summed E-state index contributed by atoms with van der Waals surface area (Å²) in [5, 5.41) is 0. The number of aromatic amines is 1. The molecular weight excluding hydrogens is 314 g/mol. The van der Waals surface area contributed by atoms with Gasteiger partial charge < -0.3 is 21.4 Å². The van der Waals surface area contributed by atoms with Crippen molar-refractivity contribution in [2.75, 3.05) is 24.2 Å². The van der Waals surface area contributed by atoms with E-state index >= 15 is 0 Å². The molecule has 0 bridgehead atoms. The second-order valence-electron chi connectivity index (χ2n) is 6.81. The van der Waals surface area contributed by atoms with Gasteiger partial charge in [-0.25, -0.2) is 9.97 Å². The molecule has 130 valence electrons. The molecule has 0 unspecified atom stereocenters. The minimum atomic E-state index is 0.287. The topological polar surface area (TPSA) is 110 Å². The Bertz CT molecular complexity index is 849. The SMILES string of the molecule is CN(CCc1nc2ccccc2[nH]1)c1cc(C2CC(N)C2)nc(N)n1. The van der Waals surface area contributed by atoms with Crippen molar-refractivity contribution in [2.45, 2.75) is 31.2 Å². The van der Waals surface area contributed by atoms with Crippen LogP contribution in [0.15, 0.2) is 30.3 Å². The molecule has 7 heteroatoms. The van der Waals surface area contributed by atoms with Crippen molar-refractivity contribution >= 4 is 22.8 Å². The van der Waals surface area contributed by atoms with Crippen LogP contribution in [0.5, 0.6) is 0 Å². The second kappa shape index (κ2) is 6.33. The van der Waals surface area contributed by atoms with Gasteiger partial charge in [-0.1, -0.05) is 12.1 Å². The lowest BCUT2D eigenvalue weighted by atomic mass is 9.78. The number of para-hydroxylation sites is 2. The summed E-state index contributed by atoms with van der Waals surface area (Å²) in [6, 6.07) is 10.4. The van der Waals surface area contributed by atoms with Crippen LogP contribution in [-0.2, 0) is 6.42 Å². The lowest BCUT2D eigenvalue weighted by Gasteiger charge is -2.32. The van der Waals surface area contributed by atoms with Gasteiger partial charge in [-0.3, -0.25) is 0 Å². The second-order valence-corrected chi connectivity index (χ2v) is 6.81. The molecule has 0 radical (unpaired) electrons. The predicted molar refractivity (Wildman–Crippen MR) is 99.5 cm³/mol. The van der Waals surface area contributed by atoms with E-state index < -0.39 is 0 Å². The number of hydrogen-bond acceptors (Lipinski definition) is 6. The van der Waals surface area contributed by atoms with Gasteiger partial charge in [0.2, 0.25) is 5.95 Å². The van der Waals surface area contributed by atoms with E-state index in [2.05, 4.69) is 24.8 Å². The maximum absolute atomic E-state index is 5.91. The maximum atomic E-state index is 5.91. The average molecular weight is 337 g/mol. The van der Waals surface area contributed by atoms with Crippen LogP contribution in [0.1, 0.15) is 30.3 Å². The molecule has 3 aromatic rings. The third-order valence-electron chi connectivity index (χ3n) is 4.86. The first-order valence-electron chi connectivity index (χ1n) is 8.63. The zero-order valence-corrected chi connectivity index (χ0v) is 14.3. The molecule has 0 saturated heterocycles. The van der Waals surface area contributed by atoms with Gasteiger partial charge in [0.1, 0.15) is 11.6 Å². The monoisotopic (exact) mass is 337 g/mol. The average Bonchev–Trinajstić information content (AvgIpc) is 2.99. The van der Waals surface area contributed by atoms with Crippen LogP contribution < -0.4 is 16.4 Å². The standard InChI is InChI=1S/C18H23N7/c1-25(7-6-16-21-13-4-2-3-5-14(13)22-16)17-10-15(23-18(20)24-17)11-8-12(19)9-11/h2-5,10-12H,6-9,19H2,1H3,(H,21,22)(H2,20,23,24). The first kappa shape index (κ1) is 15.8. The van der Waals surface area contributed by atoms with Gasteiger partial charge in [-0.2, -0.15) is 4.98 Å². The highest BCUT2D eigenvalue weighted by atomic mass is 15.2. The molecule has 1 aliphatic rings. The van der Waals surface area contributed by atoms with Crippen LogP contribution in [-0.4, -0.2) is 39.6 Å². The van der Waals surface area contributed by atoms with Gasteiger partial charge in [0, 0.05) is 38.0 Å². The van der Waals surface area contributed by atoms with Crippen molar-refractivity contribution < 1.29 is 0 Å². The van der Waals surface area contributed by atoms with Gasteiger partial charge in [0.05, 0.1) is 16.7 Å². The molecule has 1 aromatic carbocycles. The van der Waals surface area contributed by atoms with E-state index in [1.807, 2.05) is 37.4 Å². The Labute approximate surface area is 146 Å². The number of rotatable bonds is 5. The van der Waals surface area contributed by atoms with Crippen molar-refractivity contribution in [1.29, 1.82) is 0 Å². The largest absolute Gasteiger partial charge is 0.368 e. The zero-order chi connectivity index (χ0) is 17.4. The molecule has 0 atom stereocenters. The number of nitrogens with one attached hydrogen (secondary N) is 1. The first-order chi connectivity index (χ1) is 12.1. The fraction of sp³-hybridized carbons (Fsp3) is 0.389. The van der Waals surface area contributed by atoms with Crippen molar-refractivity contribution in [1.82, 2.24) is 19.9 Å². The number of hydrogen-bond donors (Lipinski definition) is 3. The number of likely N-dealkylation sites (N-methyl/N-ethyl adjacent to an activating group) is 1. The normalized spacial score (nSPS) is 19.8. The molecule has 25 heavy (non-hydrogen) atoms. The highest BCUT2D eigenvalue weighted by Gasteiger charge is 2.29. The van der Waals surface area contributed by atoms with Gasteiger partial charge >= 0.3 is 0 Å². The first-order valence-corrected chi connectivity index (χ1v) is 8.63. The molecule has 4 rings (SSSR count). The Morgan fingerprint density at radius 1 is 1.20 bits per heavy atom. The summed E-state index contributed by atoms with van der Waals surface area (Å²) in [6.07, 6.45) is 2.75. The minimum Gasteiger partial charge on any atom is -0.368 e. The summed E-state index contributed by atoms with van der Waals surface area (Å²) in [5.74, 6) is 2.55. The van der Waals surface area contributed by atoms with Gasteiger partial charge in [0.15, 0.2) is 0 Å². The number of nitrogen functional groups attached to an aromatic ring is 1. The maximum Gasteiger partial charge on any atom is 0.222 e. The Hall–Kier alpha value is -2.67. The molecule has 1 saturated carbocycles. The van der Waals surface area contributed by atoms with E-state index in [9.17, 15) is 0 Å². The van der Waals surface area contributed by atoms with Crippen LogP contribution in [0.25, 0.3) is 11.0 Å². The number of nitrogens with two attached hydrogens (primary N) is 2. The third kappa shape index (κ3) is 3.28. The molecule has 2 heterocycles. The molecular formula is C18H23N7. The fourth-order valence-corrected chi connectivity index (χ4v) is 3.29. The van der Waals surface area contributed by atoms with Crippen LogP contribution in [0.2, 0.25) is 0 Å². The Balaban J connectivity index is 1.46. The number of fused-ring (bicyclic) bond motifs is 1. The summed E-state index contributed by atoms with van der Waals surface area (Å²) in [7, 11) is 2.01. The number of H-pyrrole nitrogens is 1. The van der Waals surface area contributed by atoms with Crippen LogP contribution in [0.4, 0.5) is 11.8 Å². The van der Waals surface area contributed by atoms with Gasteiger partial charge in [0.25, 0.3) is 0 Å². The zero-order valence-electron chi connectivity index (χ0n) is 14.3. The number of imidazole rings is 1. The molecule has 2 aromatic heterocycles. The molecule has 1 aliphatic carbocycles. The van der Waals surface area contributed by atoms with Crippen LogP contribution in [0.3, 0.4) is 0 Å². The van der Waals surface area contributed by atoms with E-state index in [1.165, 1.54) is 0 Å². The third-order valence-corrected chi connectivity index (χ3v) is 4.86. The smallest absolute Gasteiger partial charge is 0.222 e. The minimum absolute atomic E-state index is 0.287. The molecule has 0 amide bonds. The number of aromatic nitrogens is 4. The summed E-state index contributed by atoms with van der Waals surface area (Å²) >= 11 is 0. The van der Waals surface area contributed by atoms with E-state index in [1.54, 1.807) is 0 Å². The fourth-order valence-electron chi connectivity index (χ4n) is 3.29. The van der Waals surface area contributed by atoms with Crippen molar-refractivity contribution in [2.24, 2.45) is 5.73 Å². The Kier molecular flexibility index (Phi) is 4.01. The number of benzene rings is 1. The summed E-state index contributed by atoms with van der Waals surface area (Å²) in [6.45, 7) is 0.792. The van der Waals surface area contributed by atoms with Crippen molar-refractivity contribution in [3.8, 4) is 0 Å². The predicted octanol–water partition coefficient (Wildman–Crippen LogP) is 1.82. The summed E-state index contributed by atoms with van der Waals surface area (Å²) in [4.78, 5) is 18.8.